The van der Waals surface area contributed by atoms with Gasteiger partial charge in [-0.3, -0.25) is 4.79 Å². The molecule has 3 atom stereocenters. The van der Waals surface area contributed by atoms with Crippen LogP contribution in [0, 0.1) is 5.92 Å². The molecule has 2 heterocycles. The van der Waals surface area contributed by atoms with Gasteiger partial charge < -0.3 is 15.1 Å². The van der Waals surface area contributed by atoms with Gasteiger partial charge in [0, 0.05) is 28.8 Å². The van der Waals surface area contributed by atoms with Crippen LogP contribution in [0.5, 0.6) is 0 Å². The monoisotopic (exact) mass is 362 g/mol. The first-order valence-electron chi connectivity index (χ1n) is 10.1. The number of fused-ring (bicyclic) bond motifs is 1. The Bertz CT molecular complexity index is 867. The van der Waals surface area contributed by atoms with Crippen molar-refractivity contribution in [2.24, 2.45) is 5.92 Å². The molecular weight excluding hydrogens is 336 g/mol. The van der Waals surface area contributed by atoms with Crippen LogP contribution in [-0.4, -0.2) is 18.5 Å². The minimum atomic E-state index is -0.0917. The third-order valence-corrected chi connectivity index (χ3v) is 6.93. The summed E-state index contributed by atoms with van der Waals surface area (Å²) in [6.07, 6.45) is 14.1. The summed E-state index contributed by atoms with van der Waals surface area (Å²) in [6.45, 7) is 1.12. The standard InChI is InChI=1S/C23H26N2O2/c26-22(8-7-16-9-13-27-15-16)25-20-6-3-5-18-17(20)14-21-19-4-1-2-10-23(18,19)11-12-24-21/h3,5-9,13,15,19,21,24H,1-2,4,10-12,14H2,(H,25,26)/t19-,21+,23-/m0/s1. The molecule has 1 saturated heterocycles. The Morgan fingerprint density at radius 1 is 1.26 bits per heavy atom. The summed E-state index contributed by atoms with van der Waals surface area (Å²) in [5, 5.41) is 6.90. The van der Waals surface area contributed by atoms with E-state index in [1.54, 1.807) is 24.7 Å². The van der Waals surface area contributed by atoms with E-state index < -0.39 is 0 Å². The highest BCUT2D eigenvalue weighted by atomic mass is 16.3. The van der Waals surface area contributed by atoms with E-state index in [1.165, 1.54) is 43.2 Å². The molecule has 0 radical (unpaired) electrons. The van der Waals surface area contributed by atoms with Crippen molar-refractivity contribution >= 4 is 17.7 Å². The van der Waals surface area contributed by atoms with E-state index in [4.69, 9.17) is 4.42 Å². The molecule has 27 heavy (non-hydrogen) atoms. The summed E-state index contributed by atoms with van der Waals surface area (Å²) in [6, 6.07) is 8.89. The topological polar surface area (TPSA) is 54.3 Å². The normalized spacial score (nSPS) is 29.2. The SMILES string of the molecule is O=C(C=Cc1ccoc1)Nc1cccc2c1C[C@H]1NCC[C@@]23CCCC[C@@H]13. The average molecular weight is 362 g/mol. The lowest BCUT2D eigenvalue weighted by atomic mass is 9.52. The van der Waals surface area contributed by atoms with Crippen molar-refractivity contribution in [3.63, 3.8) is 0 Å². The molecule has 1 saturated carbocycles. The first-order chi connectivity index (χ1) is 13.3. The quantitative estimate of drug-likeness (QED) is 0.802. The summed E-state index contributed by atoms with van der Waals surface area (Å²) in [5.41, 5.74) is 5.03. The number of carbonyl (C=O) groups excluding carboxylic acids is 1. The Hall–Kier alpha value is -2.33. The first kappa shape index (κ1) is 16.8. The molecule has 2 bridgehead atoms. The number of benzene rings is 1. The molecule has 2 fully saturated rings. The van der Waals surface area contributed by atoms with Crippen LogP contribution >= 0.6 is 0 Å². The minimum absolute atomic E-state index is 0.0917. The lowest BCUT2D eigenvalue weighted by Crippen LogP contribution is -2.59. The van der Waals surface area contributed by atoms with Gasteiger partial charge in [-0.15, -0.1) is 0 Å². The molecule has 1 aliphatic heterocycles. The van der Waals surface area contributed by atoms with E-state index in [1.807, 2.05) is 6.07 Å². The largest absolute Gasteiger partial charge is 0.472 e. The van der Waals surface area contributed by atoms with E-state index in [-0.39, 0.29) is 5.91 Å². The smallest absolute Gasteiger partial charge is 0.248 e. The van der Waals surface area contributed by atoms with Gasteiger partial charge in [0.1, 0.15) is 0 Å². The molecule has 5 rings (SSSR count). The summed E-state index contributed by atoms with van der Waals surface area (Å²) in [5.74, 6) is 0.658. The Kier molecular flexibility index (Phi) is 4.16. The van der Waals surface area contributed by atoms with Gasteiger partial charge in [0.15, 0.2) is 0 Å². The van der Waals surface area contributed by atoms with Crippen molar-refractivity contribution in [1.29, 1.82) is 0 Å². The van der Waals surface area contributed by atoms with Gasteiger partial charge >= 0.3 is 0 Å². The third-order valence-electron chi connectivity index (χ3n) is 6.93. The van der Waals surface area contributed by atoms with Crippen molar-refractivity contribution in [3.05, 3.63) is 59.6 Å². The van der Waals surface area contributed by atoms with Crippen molar-refractivity contribution < 1.29 is 9.21 Å². The molecule has 3 aliphatic rings. The van der Waals surface area contributed by atoms with Crippen LogP contribution in [0.4, 0.5) is 5.69 Å². The predicted octanol–water partition coefficient (Wildman–Crippen LogP) is 4.28. The van der Waals surface area contributed by atoms with Crippen LogP contribution in [0.15, 0.2) is 47.3 Å². The fraction of sp³-hybridized carbons (Fsp3) is 0.435. The fourth-order valence-corrected chi connectivity index (χ4v) is 5.80. The summed E-state index contributed by atoms with van der Waals surface area (Å²) in [4.78, 5) is 12.5. The average Bonchev–Trinajstić information content (AvgIpc) is 3.21. The zero-order valence-electron chi connectivity index (χ0n) is 15.5. The Morgan fingerprint density at radius 2 is 2.22 bits per heavy atom. The van der Waals surface area contributed by atoms with Crippen LogP contribution in [0.1, 0.15) is 48.8 Å². The number of rotatable bonds is 3. The highest BCUT2D eigenvalue weighted by Crippen LogP contribution is 2.54. The lowest BCUT2D eigenvalue weighted by Gasteiger charge is -2.56. The molecule has 2 aliphatic carbocycles. The maximum atomic E-state index is 12.5. The molecule has 0 unspecified atom stereocenters. The van der Waals surface area contributed by atoms with Crippen molar-refractivity contribution in [2.75, 3.05) is 11.9 Å². The molecule has 1 aromatic carbocycles. The van der Waals surface area contributed by atoms with Crippen LogP contribution in [-0.2, 0) is 16.6 Å². The van der Waals surface area contributed by atoms with E-state index in [0.29, 0.717) is 11.5 Å². The number of piperidine rings is 1. The number of nitrogens with one attached hydrogen (secondary N) is 2. The van der Waals surface area contributed by atoms with Crippen LogP contribution < -0.4 is 10.6 Å². The van der Waals surface area contributed by atoms with Crippen LogP contribution in [0.3, 0.4) is 0 Å². The maximum Gasteiger partial charge on any atom is 0.248 e. The lowest BCUT2D eigenvalue weighted by molar-refractivity contribution is -0.111. The van der Waals surface area contributed by atoms with Gasteiger partial charge in [0.2, 0.25) is 5.91 Å². The Labute approximate surface area is 160 Å². The first-order valence-corrected chi connectivity index (χ1v) is 10.1. The zero-order valence-corrected chi connectivity index (χ0v) is 15.5. The summed E-state index contributed by atoms with van der Waals surface area (Å²) in [7, 11) is 0. The summed E-state index contributed by atoms with van der Waals surface area (Å²) < 4.78 is 5.04. The number of hydrogen-bond donors (Lipinski definition) is 2. The molecule has 2 aromatic rings. The number of carbonyl (C=O) groups is 1. The van der Waals surface area contributed by atoms with E-state index in [9.17, 15) is 4.79 Å². The number of furan rings is 1. The number of amides is 1. The van der Waals surface area contributed by atoms with Crippen molar-refractivity contribution in [1.82, 2.24) is 5.32 Å². The number of anilines is 1. The molecular formula is C23H26N2O2. The highest BCUT2D eigenvalue weighted by Gasteiger charge is 2.51. The molecule has 4 nitrogen and oxygen atoms in total. The highest BCUT2D eigenvalue weighted by molar-refractivity contribution is 6.02. The second kappa shape index (κ2) is 6.68. The molecule has 1 amide bonds. The minimum Gasteiger partial charge on any atom is -0.472 e. The van der Waals surface area contributed by atoms with Crippen molar-refractivity contribution in [3.8, 4) is 0 Å². The molecule has 140 valence electrons. The fourth-order valence-electron chi connectivity index (χ4n) is 5.80. The van der Waals surface area contributed by atoms with Gasteiger partial charge in [-0.05, 0) is 67.5 Å². The van der Waals surface area contributed by atoms with Gasteiger partial charge in [-0.25, -0.2) is 0 Å². The second-order valence-electron chi connectivity index (χ2n) is 8.23. The molecule has 4 heteroatoms. The third kappa shape index (κ3) is 2.83. The molecule has 1 aromatic heterocycles. The van der Waals surface area contributed by atoms with E-state index in [2.05, 4.69) is 28.8 Å². The van der Waals surface area contributed by atoms with Gasteiger partial charge in [0.25, 0.3) is 0 Å². The van der Waals surface area contributed by atoms with Crippen molar-refractivity contribution in [2.45, 2.75) is 50.0 Å². The van der Waals surface area contributed by atoms with Gasteiger partial charge in [0.05, 0.1) is 12.5 Å². The second-order valence-corrected chi connectivity index (χ2v) is 8.23. The molecule has 2 N–H and O–H groups in total. The molecule has 0 spiro atoms. The number of hydrogen-bond acceptors (Lipinski definition) is 3. The summed E-state index contributed by atoms with van der Waals surface area (Å²) >= 11 is 0. The Morgan fingerprint density at radius 3 is 3.11 bits per heavy atom. The van der Waals surface area contributed by atoms with Crippen LogP contribution in [0.2, 0.25) is 0 Å². The van der Waals surface area contributed by atoms with E-state index >= 15 is 0 Å². The zero-order chi connectivity index (χ0) is 18.3. The van der Waals surface area contributed by atoms with Gasteiger partial charge in [-0.1, -0.05) is 25.0 Å². The van der Waals surface area contributed by atoms with Crippen LogP contribution in [0.25, 0.3) is 6.08 Å². The predicted molar refractivity (Wildman–Crippen MR) is 107 cm³/mol. The Balaban J connectivity index is 1.46. The van der Waals surface area contributed by atoms with Gasteiger partial charge in [-0.2, -0.15) is 0 Å². The van der Waals surface area contributed by atoms with E-state index in [0.717, 1.165) is 30.1 Å². The maximum absolute atomic E-state index is 12.5.